The minimum atomic E-state index is -0.0205. The molecule has 3 rings (SSSR count). The van der Waals surface area contributed by atoms with E-state index in [9.17, 15) is 4.79 Å². The Balaban J connectivity index is 1.61. The molecule has 1 aliphatic rings. The van der Waals surface area contributed by atoms with E-state index in [-0.39, 0.29) is 11.9 Å². The molecule has 4 nitrogen and oxygen atoms in total. The zero-order valence-corrected chi connectivity index (χ0v) is 13.9. The van der Waals surface area contributed by atoms with Crippen molar-refractivity contribution in [3.8, 4) is 0 Å². The average molecular weight is 321 g/mol. The molecular weight excluding hydrogens is 302 g/mol. The monoisotopic (exact) mass is 321 g/mol. The van der Waals surface area contributed by atoms with Crippen molar-refractivity contribution in [2.75, 3.05) is 0 Å². The van der Waals surface area contributed by atoms with Crippen LogP contribution in [-0.2, 0) is 24.1 Å². The molecule has 0 fully saturated rings. The van der Waals surface area contributed by atoms with Crippen molar-refractivity contribution in [1.29, 1.82) is 0 Å². The highest BCUT2D eigenvalue weighted by Gasteiger charge is 2.19. The van der Waals surface area contributed by atoms with Crippen LogP contribution in [0.2, 0.25) is 0 Å². The smallest absolute Gasteiger partial charge is 0.226 e. The van der Waals surface area contributed by atoms with Gasteiger partial charge in [-0.05, 0) is 39.5 Å². The van der Waals surface area contributed by atoms with E-state index in [0.717, 1.165) is 28.6 Å². The Morgan fingerprint density at radius 2 is 2.19 bits per heavy atom. The number of nitrogens with zero attached hydrogens (tertiary/aromatic N) is 2. The number of nitrogens with one attached hydrogen (secondary N) is 1. The van der Waals surface area contributed by atoms with E-state index in [2.05, 4.69) is 10.3 Å². The molecule has 0 saturated carbocycles. The minimum Gasteiger partial charge on any atom is -0.347 e. The maximum absolute atomic E-state index is 12.1. The Bertz CT molecular complexity index is 624. The van der Waals surface area contributed by atoms with Crippen LogP contribution in [0.3, 0.4) is 0 Å². The highest BCUT2D eigenvalue weighted by Crippen LogP contribution is 2.29. The van der Waals surface area contributed by atoms with E-state index in [1.807, 2.05) is 19.2 Å². The first-order chi connectivity index (χ1) is 10.1. The predicted molar refractivity (Wildman–Crippen MR) is 85.9 cm³/mol. The van der Waals surface area contributed by atoms with Crippen LogP contribution in [-0.4, -0.2) is 15.9 Å². The van der Waals surface area contributed by atoms with Crippen LogP contribution < -0.4 is 5.32 Å². The molecule has 112 valence electrons. The third-order valence-electron chi connectivity index (χ3n) is 3.62. The summed E-state index contributed by atoms with van der Waals surface area (Å²) in [5.74, 6) is 0.0148. The molecule has 0 aromatic carbocycles. The van der Waals surface area contributed by atoms with Gasteiger partial charge in [-0.1, -0.05) is 0 Å². The van der Waals surface area contributed by atoms with Crippen molar-refractivity contribution in [2.45, 2.75) is 52.0 Å². The fraction of sp³-hybridized carbons (Fsp3) is 0.533. The molecule has 1 atom stereocenters. The summed E-state index contributed by atoms with van der Waals surface area (Å²) in [6.45, 7) is 3.96. The number of aromatic nitrogens is 2. The molecule has 0 radical (unpaired) electrons. The Labute approximate surface area is 132 Å². The van der Waals surface area contributed by atoms with Gasteiger partial charge in [0, 0.05) is 10.3 Å². The van der Waals surface area contributed by atoms with Crippen molar-refractivity contribution in [3.63, 3.8) is 0 Å². The molecule has 1 N–H and O–H groups in total. The number of rotatable bonds is 4. The number of carbonyl (C=O) groups excluding carboxylic acids is 1. The molecular formula is C15H19N3OS2. The summed E-state index contributed by atoms with van der Waals surface area (Å²) in [4.78, 5) is 22.5. The largest absolute Gasteiger partial charge is 0.347 e. The highest BCUT2D eigenvalue weighted by molar-refractivity contribution is 7.11. The maximum Gasteiger partial charge on any atom is 0.226 e. The quantitative estimate of drug-likeness (QED) is 0.941. The van der Waals surface area contributed by atoms with E-state index in [1.54, 1.807) is 22.7 Å². The van der Waals surface area contributed by atoms with Gasteiger partial charge in [0.2, 0.25) is 5.91 Å². The first kappa shape index (κ1) is 14.7. The molecule has 21 heavy (non-hydrogen) atoms. The lowest BCUT2D eigenvalue weighted by Crippen LogP contribution is -2.28. The van der Waals surface area contributed by atoms with Crippen molar-refractivity contribution in [3.05, 3.63) is 31.7 Å². The number of fused-ring (bicyclic) bond motifs is 1. The van der Waals surface area contributed by atoms with Gasteiger partial charge < -0.3 is 5.32 Å². The number of aryl methyl sites for hydroxylation is 3. The Kier molecular flexibility index (Phi) is 4.35. The number of hydrogen-bond acceptors (Lipinski definition) is 5. The zero-order valence-electron chi connectivity index (χ0n) is 12.3. The molecule has 0 aliphatic heterocycles. The lowest BCUT2D eigenvalue weighted by atomic mass is 10.0. The van der Waals surface area contributed by atoms with Crippen molar-refractivity contribution >= 4 is 28.6 Å². The van der Waals surface area contributed by atoms with Gasteiger partial charge in [0.05, 0.1) is 28.9 Å². The lowest BCUT2D eigenvalue weighted by Gasteiger charge is -2.10. The summed E-state index contributed by atoms with van der Waals surface area (Å²) in [7, 11) is 0. The molecule has 2 aromatic rings. The van der Waals surface area contributed by atoms with Crippen LogP contribution >= 0.6 is 22.7 Å². The summed E-state index contributed by atoms with van der Waals surface area (Å²) in [6, 6.07) is -0.0205. The Hall–Kier alpha value is -1.27. The van der Waals surface area contributed by atoms with Gasteiger partial charge in [-0.2, -0.15) is 0 Å². The Morgan fingerprint density at radius 1 is 1.38 bits per heavy atom. The number of amides is 1. The SMILES string of the molecule is Cc1nc(CC(=O)N[C@H](C)c2nc3c(s2)CCCC3)cs1. The van der Waals surface area contributed by atoms with Crippen LogP contribution in [0, 0.1) is 6.92 Å². The van der Waals surface area contributed by atoms with Gasteiger partial charge >= 0.3 is 0 Å². The third kappa shape index (κ3) is 3.49. The van der Waals surface area contributed by atoms with Gasteiger partial charge in [0.25, 0.3) is 0 Å². The van der Waals surface area contributed by atoms with Crippen molar-refractivity contribution < 1.29 is 4.79 Å². The third-order valence-corrected chi connectivity index (χ3v) is 5.78. The highest BCUT2D eigenvalue weighted by atomic mass is 32.1. The summed E-state index contributed by atoms with van der Waals surface area (Å²) in [5.41, 5.74) is 2.10. The molecule has 6 heteroatoms. The predicted octanol–water partition coefficient (Wildman–Crippen LogP) is 3.21. The van der Waals surface area contributed by atoms with Crippen molar-refractivity contribution in [2.24, 2.45) is 0 Å². The van der Waals surface area contributed by atoms with E-state index >= 15 is 0 Å². The summed E-state index contributed by atoms with van der Waals surface area (Å²) in [6.07, 6.45) is 5.08. The molecule has 0 bridgehead atoms. The summed E-state index contributed by atoms with van der Waals surface area (Å²) < 4.78 is 0. The molecule has 2 aromatic heterocycles. The van der Waals surface area contributed by atoms with Gasteiger partial charge in [-0.3, -0.25) is 4.79 Å². The number of carbonyl (C=O) groups is 1. The van der Waals surface area contributed by atoms with Gasteiger partial charge in [0.1, 0.15) is 5.01 Å². The normalized spacial score (nSPS) is 15.5. The molecule has 2 heterocycles. The van der Waals surface area contributed by atoms with Gasteiger partial charge in [-0.25, -0.2) is 9.97 Å². The second-order valence-corrected chi connectivity index (χ2v) is 7.63. The van der Waals surface area contributed by atoms with Crippen LogP contribution in [0.15, 0.2) is 5.38 Å². The fourth-order valence-corrected chi connectivity index (χ4v) is 4.33. The van der Waals surface area contributed by atoms with E-state index in [1.165, 1.54) is 23.4 Å². The fourth-order valence-electron chi connectivity index (χ4n) is 2.57. The zero-order chi connectivity index (χ0) is 14.8. The topological polar surface area (TPSA) is 54.9 Å². The lowest BCUT2D eigenvalue weighted by molar-refractivity contribution is -0.121. The second kappa shape index (κ2) is 6.23. The average Bonchev–Trinajstić information content (AvgIpc) is 3.04. The standard InChI is InChI=1S/C15H19N3OS2/c1-9(15-18-12-5-3-4-6-13(12)21-15)16-14(19)7-11-8-20-10(2)17-11/h8-9H,3-7H2,1-2H3,(H,16,19)/t9-/m1/s1. The molecule has 0 unspecified atom stereocenters. The minimum absolute atomic E-state index is 0.0148. The molecule has 1 aliphatic carbocycles. The number of hydrogen-bond donors (Lipinski definition) is 1. The van der Waals surface area contributed by atoms with E-state index in [0.29, 0.717) is 6.42 Å². The molecule has 0 spiro atoms. The summed E-state index contributed by atoms with van der Waals surface area (Å²) >= 11 is 3.33. The van der Waals surface area contributed by atoms with Gasteiger partial charge in [-0.15, -0.1) is 22.7 Å². The Morgan fingerprint density at radius 3 is 2.90 bits per heavy atom. The van der Waals surface area contributed by atoms with Gasteiger partial charge in [0.15, 0.2) is 0 Å². The number of thiazole rings is 2. The van der Waals surface area contributed by atoms with Crippen LogP contribution in [0.25, 0.3) is 0 Å². The van der Waals surface area contributed by atoms with Crippen LogP contribution in [0.4, 0.5) is 0 Å². The molecule has 0 saturated heterocycles. The van der Waals surface area contributed by atoms with E-state index in [4.69, 9.17) is 4.98 Å². The first-order valence-corrected chi connectivity index (χ1v) is 9.00. The molecule has 1 amide bonds. The van der Waals surface area contributed by atoms with Crippen molar-refractivity contribution in [1.82, 2.24) is 15.3 Å². The van der Waals surface area contributed by atoms with E-state index < -0.39 is 0 Å². The second-order valence-electron chi connectivity index (χ2n) is 5.45. The first-order valence-electron chi connectivity index (χ1n) is 7.30. The van der Waals surface area contributed by atoms with Crippen LogP contribution in [0.5, 0.6) is 0 Å². The van der Waals surface area contributed by atoms with Crippen LogP contribution in [0.1, 0.15) is 52.1 Å². The summed E-state index contributed by atoms with van der Waals surface area (Å²) in [5, 5.41) is 7.01. The maximum atomic E-state index is 12.1.